The Balaban J connectivity index is 2.13. The molecule has 0 bridgehead atoms. The summed E-state index contributed by atoms with van der Waals surface area (Å²) in [5, 5.41) is 37.6. The minimum atomic E-state index is -1.31. The lowest BCUT2D eigenvalue weighted by Crippen LogP contribution is -2.68. The fraction of sp³-hybridized carbons (Fsp3) is 0.950. The van der Waals surface area contributed by atoms with Crippen LogP contribution < -0.4 is 16.4 Å². The first-order chi connectivity index (χ1) is 14.8. The zero-order chi connectivity index (χ0) is 24.3. The SMILES string of the molecule is CN[C@@H]1[C@@H](O)[C@@H](O[C@@H]2[C@@H](O)[C@H](OCOC)[C@@H](NC(=O)OC(C)(C)C)C[C@H]2N)OC[C@]1(C)O. The number of nitrogens with one attached hydrogen (secondary N) is 2. The van der Waals surface area contributed by atoms with Gasteiger partial charge in [0.1, 0.15) is 42.4 Å². The van der Waals surface area contributed by atoms with Gasteiger partial charge in [-0.25, -0.2) is 4.79 Å². The predicted octanol–water partition coefficient (Wildman–Crippen LogP) is -1.60. The molecule has 2 aliphatic rings. The Hall–Kier alpha value is -1.09. The van der Waals surface area contributed by atoms with E-state index in [0.717, 1.165) is 0 Å². The molecule has 1 aliphatic carbocycles. The average Bonchev–Trinajstić information content (AvgIpc) is 2.65. The summed E-state index contributed by atoms with van der Waals surface area (Å²) in [7, 11) is 3.04. The summed E-state index contributed by atoms with van der Waals surface area (Å²) in [6, 6.07) is -2.12. The van der Waals surface area contributed by atoms with E-state index in [0.29, 0.717) is 0 Å². The number of amides is 1. The Morgan fingerprint density at radius 2 is 1.91 bits per heavy atom. The van der Waals surface area contributed by atoms with Gasteiger partial charge in [0.15, 0.2) is 6.29 Å². The van der Waals surface area contributed by atoms with Gasteiger partial charge in [0, 0.05) is 13.2 Å². The third kappa shape index (κ3) is 6.72. The number of ether oxygens (including phenoxy) is 5. The van der Waals surface area contributed by atoms with Gasteiger partial charge in [-0.2, -0.15) is 0 Å². The van der Waals surface area contributed by atoms with Crippen molar-refractivity contribution >= 4 is 6.09 Å². The van der Waals surface area contributed by atoms with E-state index in [9.17, 15) is 20.1 Å². The molecule has 7 N–H and O–H groups in total. The second-order valence-corrected chi connectivity index (χ2v) is 9.57. The molecule has 12 nitrogen and oxygen atoms in total. The van der Waals surface area contributed by atoms with Gasteiger partial charge >= 0.3 is 6.09 Å². The fourth-order valence-corrected chi connectivity index (χ4v) is 4.10. The molecule has 0 aromatic carbocycles. The maximum Gasteiger partial charge on any atom is 0.407 e. The number of carbonyl (C=O) groups is 1. The number of hydrogen-bond acceptors (Lipinski definition) is 11. The highest BCUT2D eigenvalue weighted by Crippen LogP contribution is 2.30. The van der Waals surface area contributed by atoms with E-state index < -0.39 is 66.1 Å². The summed E-state index contributed by atoms with van der Waals surface area (Å²) >= 11 is 0. The highest BCUT2D eigenvalue weighted by atomic mass is 16.7. The summed E-state index contributed by atoms with van der Waals surface area (Å²) in [4.78, 5) is 12.3. The molecule has 2 fully saturated rings. The standard InChI is InChI=1S/C20H39N3O9/c1-19(2,3)32-18(26)23-11-7-10(21)14(12(24)15(11)30-9-28-6)31-17-13(25)16(22-5)20(4,27)8-29-17/h10-17,22,24-25,27H,7-9,21H2,1-6H3,(H,23,26)/t10-,11+,12-,13-,14+,15-,16-,17-,20+/m1/s1. The van der Waals surface area contributed by atoms with Gasteiger partial charge in [0.05, 0.1) is 18.7 Å². The summed E-state index contributed by atoms with van der Waals surface area (Å²) in [5.41, 5.74) is 4.26. The highest BCUT2D eigenvalue weighted by Gasteiger charge is 2.50. The number of nitrogens with two attached hydrogens (primary N) is 1. The minimum absolute atomic E-state index is 0.0925. The van der Waals surface area contributed by atoms with Gasteiger partial charge in [-0.3, -0.25) is 0 Å². The molecule has 1 amide bonds. The van der Waals surface area contributed by atoms with Crippen molar-refractivity contribution in [1.82, 2.24) is 10.6 Å². The molecule has 0 aromatic heterocycles. The van der Waals surface area contributed by atoms with Gasteiger partial charge in [-0.15, -0.1) is 0 Å². The lowest BCUT2D eigenvalue weighted by atomic mass is 9.83. The highest BCUT2D eigenvalue weighted by molar-refractivity contribution is 5.68. The normalized spacial score (nSPS) is 40.7. The van der Waals surface area contributed by atoms with Crippen LogP contribution in [0.5, 0.6) is 0 Å². The van der Waals surface area contributed by atoms with Crippen molar-refractivity contribution in [2.45, 2.75) is 94.1 Å². The van der Waals surface area contributed by atoms with E-state index in [1.54, 1.807) is 27.8 Å². The number of methoxy groups -OCH3 is 1. The van der Waals surface area contributed by atoms with Crippen molar-refractivity contribution in [1.29, 1.82) is 0 Å². The first-order valence-electron chi connectivity index (χ1n) is 10.7. The topological polar surface area (TPSA) is 174 Å². The Labute approximate surface area is 188 Å². The molecule has 32 heavy (non-hydrogen) atoms. The molecule has 0 unspecified atom stereocenters. The number of hydrogen-bond donors (Lipinski definition) is 6. The number of aliphatic hydroxyl groups excluding tert-OH is 2. The lowest BCUT2D eigenvalue weighted by molar-refractivity contribution is -0.299. The molecular weight excluding hydrogens is 426 g/mol. The van der Waals surface area contributed by atoms with Crippen LogP contribution in [-0.2, 0) is 23.7 Å². The molecule has 0 aromatic rings. The zero-order valence-corrected chi connectivity index (χ0v) is 19.6. The van der Waals surface area contributed by atoms with Crippen LogP contribution in [0.2, 0.25) is 0 Å². The Morgan fingerprint density at radius 1 is 1.25 bits per heavy atom. The third-order valence-corrected chi connectivity index (χ3v) is 5.53. The molecule has 0 spiro atoms. The maximum atomic E-state index is 12.3. The van der Waals surface area contributed by atoms with Crippen LogP contribution in [0, 0.1) is 0 Å². The van der Waals surface area contributed by atoms with Crippen molar-refractivity contribution < 1.29 is 43.8 Å². The van der Waals surface area contributed by atoms with Crippen molar-refractivity contribution in [2.75, 3.05) is 27.6 Å². The van der Waals surface area contributed by atoms with Gasteiger partial charge in [0.2, 0.25) is 0 Å². The predicted molar refractivity (Wildman–Crippen MR) is 113 cm³/mol. The second-order valence-electron chi connectivity index (χ2n) is 9.57. The van der Waals surface area contributed by atoms with Crippen molar-refractivity contribution in [3.05, 3.63) is 0 Å². The molecule has 188 valence electrons. The number of likely N-dealkylation sites (N-methyl/N-ethyl adjacent to an activating group) is 1. The number of carbonyl (C=O) groups excluding carboxylic acids is 1. The summed E-state index contributed by atoms with van der Waals surface area (Å²) in [6.45, 7) is 6.52. The summed E-state index contributed by atoms with van der Waals surface area (Å²) < 4.78 is 27.3. The van der Waals surface area contributed by atoms with Crippen LogP contribution >= 0.6 is 0 Å². The molecule has 2 rings (SSSR count). The first kappa shape index (κ1) is 27.2. The molecule has 12 heteroatoms. The minimum Gasteiger partial charge on any atom is -0.444 e. The van der Waals surface area contributed by atoms with Gasteiger partial charge in [-0.1, -0.05) is 0 Å². The zero-order valence-electron chi connectivity index (χ0n) is 19.6. The van der Waals surface area contributed by atoms with E-state index in [1.165, 1.54) is 14.0 Å². The number of alkyl carbamates (subject to hydrolysis) is 1. The van der Waals surface area contributed by atoms with Crippen LogP contribution in [0.25, 0.3) is 0 Å². The summed E-state index contributed by atoms with van der Waals surface area (Å²) in [5.74, 6) is 0. The van der Waals surface area contributed by atoms with Crippen molar-refractivity contribution in [3.8, 4) is 0 Å². The lowest BCUT2D eigenvalue weighted by Gasteiger charge is -2.48. The molecule has 1 saturated carbocycles. The van der Waals surface area contributed by atoms with Crippen LogP contribution in [0.4, 0.5) is 4.79 Å². The van der Waals surface area contributed by atoms with Crippen molar-refractivity contribution in [3.63, 3.8) is 0 Å². The van der Waals surface area contributed by atoms with Crippen LogP contribution in [-0.4, -0.2) is 109 Å². The number of rotatable bonds is 7. The largest absolute Gasteiger partial charge is 0.444 e. The smallest absolute Gasteiger partial charge is 0.407 e. The fourth-order valence-electron chi connectivity index (χ4n) is 4.10. The molecule has 1 aliphatic heterocycles. The maximum absolute atomic E-state index is 12.3. The first-order valence-corrected chi connectivity index (χ1v) is 10.7. The number of aliphatic hydroxyl groups is 3. The van der Waals surface area contributed by atoms with Gasteiger partial charge < -0.3 is 55.4 Å². The van der Waals surface area contributed by atoms with E-state index in [4.69, 9.17) is 29.4 Å². The third-order valence-electron chi connectivity index (χ3n) is 5.53. The van der Waals surface area contributed by atoms with E-state index >= 15 is 0 Å². The molecule has 0 radical (unpaired) electrons. The van der Waals surface area contributed by atoms with Crippen molar-refractivity contribution in [2.24, 2.45) is 5.73 Å². The van der Waals surface area contributed by atoms with Crippen LogP contribution in [0.3, 0.4) is 0 Å². The molecule has 1 saturated heterocycles. The molecule has 9 atom stereocenters. The average molecular weight is 466 g/mol. The van der Waals surface area contributed by atoms with Gasteiger partial charge in [0.25, 0.3) is 0 Å². The van der Waals surface area contributed by atoms with E-state index in [-0.39, 0.29) is 19.8 Å². The second kappa shape index (κ2) is 10.9. The Bertz CT molecular complexity index is 616. The van der Waals surface area contributed by atoms with Crippen LogP contribution in [0.1, 0.15) is 34.1 Å². The Morgan fingerprint density at radius 3 is 2.47 bits per heavy atom. The monoisotopic (exact) mass is 465 g/mol. The molecular formula is C20H39N3O9. The van der Waals surface area contributed by atoms with Gasteiger partial charge in [-0.05, 0) is 41.2 Å². The Kier molecular flexibility index (Phi) is 9.24. The van der Waals surface area contributed by atoms with Crippen LogP contribution in [0.15, 0.2) is 0 Å². The van der Waals surface area contributed by atoms with E-state index in [2.05, 4.69) is 10.6 Å². The molecule has 1 heterocycles. The van der Waals surface area contributed by atoms with E-state index in [1.807, 2.05) is 0 Å². The quantitative estimate of drug-likeness (QED) is 0.239. The summed E-state index contributed by atoms with van der Waals surface area (Å²) in [6.07, 6.45) is -6.01.